The van der Waals surface area contributed by atoms with Gasteiger partial charge >= 0.3 is 6.18 Å². The molecule has 0 spiro atoms. The number of rotatable bonds is 8. The Balaban J connectivity index is 2.67. The molecule has 0 heterocycles. The van der Waals surface area contributed by atoms with Gasteiger partial charge in [0.05, 0.1) is 0 Å². The Morgan fingerprint density at radius 1 is 1.30 bits per heavy atom. The average Bonchev–Trinajstić information content (AvgIpc) is 2.48. The Bertz CT molecular complexity index is 504. The second kappa shape index (κ2) is 8.88. The molecule has 0 unspecified atom stereocenters. The number of amides is 1. The van der Waals surface area contributed by atoms with Gasteiger partial charge in [0.25, 0.3) is 5.91 Å². The van der Waals surface area contributed by atoms with Crippen LogP contribution >= 0.6 is 0 Å². The van der Waals surface area contributed by atoms with Gasteiger partial charge in [-0.25, -0.2) is 0 Å². The molecular formula is C16H23F3N2O2. The Kier molecular flexibility index (Phi) is 7.51. The summed E-state index contributed by atoms with van der Waals surface area (Å²) in [4.78, 5) is 12.0. The molecule has 0 aliphatic carbocycles. The van der Waals surface area contributed by atoms with Crippen molar-refractivity contribution in [1.29, 1.82) is 0 Å². The van der Waals surface area contributed by atoms with Crippen molar-refractivity contribution in [3.05, 3.63) is 35.4 Å². The minimum Gasteiger partial charge on any atom is -0.396 e. The summed E-state index contributed by atoms with van der Waals surface area (Å²) in [6.45, 7) is 3.90. The molecule has 4 nitrogen and oxygen atoms in total. The van der Waals surface area contributed by atoms with E-state index in [4.69, 9.17) is 5.11 Å². The lowest BCUT2D eigenvalue weighted by Crippen LogP contribution is -2.42. The van der Waals surface area contributed by atoms with Gasteiger partial charge in [-0.15, -0.1) is 0 Å². The molecule has 0 saturated carbocycles. The summed E-state index contributed by atoms with van der Waals surface area (Å²) in [6.07, 6.45) is -4.83. The lowest BCUT2D eigenvalue weighted by atomic mass is 10.1. The fourth-order valence-electron chi connectivity index (χ4n) is 1.97. The van der Waals surface area contributed by atoms with Crippen LogP contribution in [0.15, 0.2) is 24.3 Å². The Hall–Kier alpha value is -1.60. The minimum atomic E-state index is -4.42. The highest BCUT2D eigenvalue weighted by Crippen LogP contribution is 2.22. The van der Waals surface area contributed by atoms with Gasteiger partial charge < -0.3 is 15.7 Å². The zero-order chi connectivity index (χ0) is 17.5. The predicted molar refractivity (Wildman–Crippen MR) is 82.0 cm³/mol. The van der Waals surface area contributed by atoms with Crippen molar-refractivity contribution >= 4 is 5.91 Å². The third-order valence-corrected chi connectivity index (χ3v) is 3.23. The second-order valence-corrected chi connectivity index (χ2v) is 5.79. The van der Waals surface area contributed by atoms with E-state index in [9.17, 15) is 18.0 Å². The lowest BCUT2D eigenvalue weighted by molar-refractivity contribution is -0.159. The molecule has 0 radical (unpaired) electrons. The molecule has 1 atom stereocenters. The first-order valence-electron chi connectivity index (χ1n) is 7.52. The van der Waals surface area contributed by atoms with Crippen LogP contribution in [-0.4, -0.2) is 36.4 Å². The summed E-state index contributed by atoms with van der Waals surface area (Å²) in [7, 11) is 0. The summed E-state index contributed by atoms with van der Waals surface area (Å²) in [5.74, 6) is 0.0677. The molecule has 1 aromatic carbocycles. The van der Waals surface area contributed by atoms with Crippen LogP contribution < -0.4 is 10.6 Å². The molecule has 1 amide bonds. The van der Waals surface area contributed by atoms with Crippen molar-refractivity contribution < 1.29 is 23.1 Å². The number of hydrogen-bond donors (Lipinski definition) is 3. The topological polar surface area (TPSA) is 61.4 Å². The highest BCUT2D eigenvalue weighted by molar-refractivity contribution is 5.94. The monoisotopic (exact) mass is 332 g/mol. The standard InChI is InChI=1S/C16H23F3N2O2/c1-11(2)9-21-15(23)13-5-3-4-12(8-13)10-20-14(6-7-22)16(17,18)19/h3-5,8,11,14,20,22H,6-7,9-10H2,1-2H3,(H,21,23)/t14-/m1/s1. The molecule has 0 aliphatic rings. The van der Waals surface area contributed by atoms with Crippen LogP contribution in [0.5, 0.6) is 0 Å². The van der Waals surface area contributed by atoms with E-state index < -0.39 is 25.2 Å². The van der Waals surface area contributed by atoms with Gasteiger partial charge in [-0.2, -0.15) is 13.2 Å². The van der Waals surface area contributed by atoms with Crippen molar-refractivity contribution in [1.82, 2.24) is 10.6 Å². The Morgan fingerprint density at radius 2 is 2.00 bits per heavy atom. The van der Waals surface area contributed by atoms with Gasteiger partial charge in [-0.05, 0) is 30.0 Å². The zero-order valence-corrected chi connectivity index (χ0v) is 13.3. The smallest absolute Gasteiger partial charge is 0.396 e. The highest BCUT2D eigenvalue weighted by Gasteiger charge is 2.38. The van der Waals surface area contributed by atoms with Gasteiger partial charge in [-0.1, -0.05) is 26.0 Å². The third-order valence-electron chi connectivity index (χ3n) is 3.23. The lowest BCUT2D eigenvalue weighted by Gasteiger charge is -2.21. The number of alkyl halides is 3. The summed E-state index contributed by atoms with van der Waals surface area (Å²) in [5, 5.41) is 13.9. The number of aliphatic hydroxyl groups excluding tert-OH is 1. The van der Waals surface area contributed by atoms with E-state index in [2.05, 4.69) is 10.6 Å². The van der Waals surface area contributed by atoms with Crippen molar-refractivity contribution in [2.75, 3.05) is 13.2 Å². The van der Waals surface area contributed by atoms with Crippen LogP contribution in [0, 0.1) is 5.92 Å². The molecule has 0 aromatic heterocycles. The van der Waals surface area contributed by atoms with E-state index in [1.165, 1.54) is 0 Å². The normalized spacial score (nSPS) is 13.2. The van der Waals surface area contributed by atoms with Crippen molar-refractivity contribution in [3.8, 4) is 0 Å². The van der Waals surface area contributed by atoms with Gasteiger partial charge in [0.1, 0.15) is 6.04 Å². The van der Waals surface area contributed by atoms with E-state index >= 15 is 0 Å². The molecule has 3 N–H and O–H groups in total. The van der Waals surface area contributed by atoms with Crippen LogP contribution in [0.4, 0.5) is 13.2 Å². The first-order chi connectivity index (χ1) is 10.7. The predicted octanol–water partition coefficient (Wildman–Crippen LogP) is 2.48. The SMILES string of the molecule is CC(C)CNC(=O)c1cccc(CN[C@H](CCO)C(F)(F)F)c1. The molecule has 0 aliphatic heterocycles. The van der Waals surface area contributed by atoms with E-state index in [1.54, 1.807) is 24.3 Å². The molecular weight excluding hydrogens is 309 g/mol. The number of carbonyl (C=O) groups excluding carboxylic acids is 1. The van der Waals surface area contributed by atoms with Crippen molar-refractivity contribution in [2.45, 2.75) is 39.0 Å². The fraction of sp³-hybridized carbons (Fsp3) is 0.562. The fourth-order valence-corrected chi connectivity index (χ4v) is 1.97. The van der Waals surface area contributed by atoms with Crippen LogP contribution in [0.1, 0.15) is 36.2 Å². The number of aliphatic hydroxyl groups is 1. The van der Waals surface area contributed by atoms with E-state index in [-0.39, 0.29) is 12.5 Å². The number of halogens is 3. The van der Waals surface area contributed by atoms with Gasteiger partial charge in [0.15, 0.2) is 0 Å². The maximum absolute atomic E-state index is 12.8. The minimum absolute atomic E-state index is 0.0323. The Morgan fingerprint density at radius 3 is 2.57 bits per heavy atom. The maximum Gasteiger partial charge on any atom is 0.403 e. The van der Waals surface area contributed by atoms with Gasteiger partial charge in [0, 0.05) is 25.3 Å². The number of hydrogen-bond acceptors (Lipinski definition) is 3. The van der Waals surface area contributed by atoms with Gasteiger partial charge in [-0.3, -0.25) is 4.79 Å². The first kappa shape index (κ1) is 19.4. The largest absolute Gasteiger partial charge is 0.403 e. The summed E-state index contributed by atoms with van der Waals surface area (Å²) in [6, 6.07) is 4.70. The highest BCUT2D eigenvalue weighted by atomic mass is 19.4. The number of nitrogens with one attached hydrogen (secondary N) is 2. The van der Waals surface area contributed by atoms with Crippen LogP contribution in [0.25, 0.3) is 0 Å². The maximum atomic E-state index is 12.8. The molecule has 23 heavy (non-hydrogen) atoms. The van der Waals surface area contributed by atoms with E-state index in [0.29, 0.717) is 23.6 Å². The Labute approximate surface area is 134 Å². The van der Waals surface area contributed by atoms with E-state index in [0.717, 1.165) is 0 Å². The number of benzene rings is 1. The number of carbonyl (C=O) groups is 1. The van der Waals surface area contributed by atoms with Gasteiger partial charge in [0.2, 0.25) is 0 Å². The second-order valence-electron chi connectivity index (χ2n) is 5.79. The van der Waals surface area contributed by atoms with Crippen LogP contribution in [-0.2, 0) is 6.54 Å². The first-order valence-corrected chi connectivity index (χ1v) is 7.52. The van der Waals surface area contributed by atoms with E-state index in [1.807, 2.05) is 13.8 Å². The molecule has 0 fully saturated rings. The van der Waals surface area contributed by atoms with Crippen LogP contribution in [0.3, 0.4) is 0 Å². The van der Waals surface area contributed by atoms with Crippen LogP contribution in [0.2, 0.25) is 0 Å². The zero-order valence-electron chi connectivity index (χ0n) is 13.3. The van der Waals surface area contributed by atoms with Crippen molar-refractivity contribution in [3.63, 3.8) is 0 Å². The quantitative estimate of drug-likeness (QED) is 0.685. The summed E-state index contributed by atoms with van der Waals surface area (Å²) in [5.41, 5.74) is 0.991. The molecule has 130 valence electrons. The van der Waals surface area contributed by atoms with Crippen molar-refractivity contribution in [2.24, 2.45) is 5.92 Å². The molecule has 7 heteroatoms. The summed E-state index contributed by atoms with van der Waals surface area (Å²) >= 11 is 0. The molecule has 1 rings (SSSR count). The molecule has 0 bridgehead atoms. The summed E-state index contributed by atoms with van der Waals surface area (Å²) < 4.78 is 38.3. The molecule has 1 aromatic rings. The average molecular weight is 332 g/mol. The third kappa shape index (κ3) is 7.00. The molecule has 0 saturated heterocycles.